The highest BCUT2D eigenvalue weighted by Gasteiger charge is 2.09. The maximum atomic E-state index is 11.9. The predicted molar refractivity (Wildman–Crippen MR) is 100 cm³/mol. The lowest BCUT2D eigenvalue weighted by Crippen LogP contribution is -2.19. The van der Waals surface area contributed by atoms with Gasteiger partial charge in [0.2, 0.25) is 0 Å². The third-order valence-corrected chi connectivity index (χ3v) is 4.63. The smallest absolute Gasteiger partial charge is 0.250 e. The number of thioether (sulfide) groups is 1. The van der Waals surface area contributed by atoms with Crippen molar-refractivity contribution in [3.63, 3.8) is 0 Å². The second kappa shape index (κ2) is 7.85. The Kier molecular flexibility index (Phi) is 5.35. The van der Waals surface area contributed by atoms with E-state index in [2.05, 4.69) is 15.5 Å². The molecule has 0 saturated carbocycles. The minimum absolute atomic E-state index is 0.179. The third-order valence-electron chi connectivity index (χ3n) is 3.60. The zero-order valence-corrected chi connectivity index (χ0v) is 14.8. The Bertz CT molecular complexity index is 903. The van der Waals surface area contributed by atoms with Gasteiger partial charge in [-0.3, -0.25) is 4.79 Å². The van der Waals surface area contributed by atoms with Gasteiger partial charge in [-0.1, -0.05) is 23.9 Å². The first-order chi connectivity index (χ1) is 12.2. The molecule has 1 N–H and O–H groups in total. The number of nitrogens with one attached hydrogen (secondary N) is 1. The van der Waals surface area contributed by atoms with Crippen molar-refractivity contribution in [1.29, 1.82) is 0 Å². The van der Waals surface area contributed by atoms with Crippen molar-refractivity contribution in [2.75, 3.05) is 12.9 Å². The Labute approximate surface area is 149 Å². The van der Waals surface area contributed by atoms with Crippen molar-refractivity contribution in [3.8, 4) is 5.75 Å². The molecule has 3 aromatic rings. The molecule has 2 aromatic carbocycles. The predicted octanol–water partition coefficient (Wildman–Crippen LogP) is 2.82. The summed E-state index contributed by atoms with van der Waals surface area (Å²) in [6.07, 6.45) is 1.59. The second-order valence-corrected chi connectivity index (χ2v) is 6.24. The molecule has 1 amide bonds. The van der Waals surface area contributed by atoms with Crippen LogP contribution in [0.15, 0.2) is 58.8 Å². The van der Waals surface area contributed by atoms with E-state index in [-0.39, 0.29) is 11.7 Å². The van der Waals surface area contributed by atoms with E-state index in [0.29, 0.717) is 0 Å². The fourth-order valence-electron chi connectivity index (χ4n) is 2.28. The van der Waals surface area contributed by atoms with Gasteiger partial charge in [-0.15, -0.1) is 0 Å². The number of aryl methyl sites for hydroxylation is 1. The molecule has 7 heteroatoms. The lowest BCUT2D eigenvalue weighted by Gasteiger charge is -2.02. The number of nitrogens with zero attached hydrogens (tertiary/aromatic N) is 3. The molecule has 0 saturated heterocycles. The van der Waals surface area contributed by atoms with Crippen molar-refractivity contribution in [3.05, 3.63) is 54.1 Å². The molecule has 0 unspecified atom stereocenters. The van der Waals surface area contributed by atoms with Gasteiger partial charge < -0.3 is 9.30 Å². The molecule has 0 bridgehead atoms. The van der Waals surface area contributed by atoms with Gasteiger partial charge in [0, 0.05) is 7.05 Å². The van der Waals surface area contributed by atoms with Crippen LogP contribution in [0, 0.1) is 0 Å². The first-order valence-electron chi connectivity index (χ1n) is 7.67. The Morgan fingerprint density at radius 1 is 1.28 bits per heavy atom. The van der Waals surface area contributed by atoms with Crippen LogP contribution in [-0.2, 0) is 11.8 Å². The van der Waals surface area contributed by atoms with Gasteiger partial charge in [-0.05, 0) is 42.0 Å². The summed E-state index contributed by atoms with van der Waals surface area (Å²) in [5, 5.41) is 4.77. The quantitative estimate of drug-likeness (QED) is 0.420. The number of aromatic nitrogens is 2. The topological polar surface area (TPSA) is 68.5 Å². The Morgan fingerprint density at radius 2 is 2.04 bits per heavy atom. The average molecular weight is 354 g/mol. The normalized spacial score (nSPS) is 11.1. The van der Waals surface area contributed by atoms with E-state index in [9.17, 15) is 4.79 Å². The lowest BCUT2D eigenvalue weighted by molar-refractivity contribution is -0.118. The number of hydrazone groups is 1. The van der Waals surface area contributed by atoms with E-state index in [1.165, 1.54) is 11.8 Å². The molecule has 0 atom stereocenters. The molecule has 25 heavy (non-hydrogen) atoms. The maximum Gasteiger partial charge on any atom is 0.250 e. The van der Waals surface area contributed by atoms with Crippen molar-refractivity contribution in [2.45, 2.75) is 5.16 Å². The van der Waals surface area contributed by atoms with E-state index < -0.39 is 0 Å². The SMILES string of the molecule is COc1ccc(/C=N/NC(=O)CSc2nc3ccccc3n2C)cc1. The number of fused-ring (bicyclic) bond motifs is 1. The molecule has 6 nitrogen and oxygen atoms in total. The maximum absolute atomic E-state index is 11.9. The molecule has 0 aliphatic heterocycles. The first kappa shape index (κ1) is 17.0. The number of amides is 1. The highest BCUT2D eigenvalue weighted by Crippen LogP contribution is 2.22. The Balaban J connectivity index is 1.53. The molecule has 0 fully saturated rings. The number of benzene rings is 2. The number of para-hydroxylation sites is 2. The molecular formula is C18H18N4O2S. The van der Waals surface area contributed by atoms with E-state index >= 15 is 0 Å². The minimum Gasteiger partial charge on any atom is -0.497 e. The molecule has 0 aliphatic carbocycles. The zero-order valence-electron chi connectivity index (χ0n) is 14.0. The van der Waals surface area contributed by atoms with Crippen LogP contribution in [0.1, 0.15) is 5.56 Å². The van der Waals surface area contributed by atoms with Gasteiger partial charge in [-0.2, -0.15) is 5.10 Å². The summed E-state index contributed by atoms with van der Waals surface area (Å²) >= 11 is 1.38. The summed E-state index contributed by atoms with van der Waals surface area (Å²) in [7, 11) is 3.56. The number of imidazole rings is 1. The molecule has 128 valence electrons. The van der Waals surface area contributed by atoms with Crippen LogP contribution in [0.3, 0.4) is 0 Å². The number of carbonyl (C=O) groups excluding carboxylic acids is 1. The second-order valence-electron chi connectivity index (χ2n) is 5.30. The van der Waals surface area contributed by atoms with Crippen molar-refractivity contribution >= 4 is 34.9 Å². The highest BCUT2D eigenvalue weighted by atomic mass is 32.2. The molecular weight excluding hydrogens is 336 g/mol. The van der Waals surface area contributed by atoms with Crippen molar-refractivity contribution < 1.29 is 9.53 Å². The summed E-state index contributed by atoms with van der Waals surface area (Å²) in [4.78, 5) is 16.5. The zero-order chi connectivity index (χ0) is 17.6. The largest absolute Gasteiger partial charge is 0.497 e. The van der Waals surface area contributed by atoms with Gasteiger partial charge >= 0.3 is 0 Å². The number of hydrogen-bond donors (Lipinski definition) is 1. The summed E-state index contributed by atoms with van der Waals surface area (Å²) < 4.78 is 7.07. The van der Waals surface area contributed by atoms with Crippen molar-refractivity contribution in [2.24, 2.45) is 12.1 Å². The number of ether oxygens (including phenoxy) is 1. The van der Waals surface area contributed by atoms with Crippen LogP contribution in [-0.4, -0.2) is 34.5 Å². The first-order valence-corrected chi connectivity index (χ1v) is 8.66. The molecule has 0 radical (unpaired) electrons. The fourth-order valence-corrected chi connectivity index (χ4v) is 3.06. The summed E-state index contributed by atoms with van der Waals surface area (Å²) in [5.74, 6) is 0.846. The van der Waals surface area contributed by atoms with E-state index in [1.54, 1.807) is 13.3 Å². The molecule has 1 aromatic heterocycles. The van der Waals surface area contributed by atoms with Crippen LogP contribution >= 0.6 is 11.8 Å². The number of rotatable bonds is 6. The van der Waals surface area contributed by atoms with Gasteiger partial charge in [0.05, 0.1) is 30.1 Å². The molecule has 3 rings (SSSR count). The van der Waals surface area contributed by atoms with E-state index in [0.717, 1.165) is 27.5 Å². The third kappa shape index (κ3) is 4.19. The number of methoxy groups -OCH3 is 1. The van der Waals surface area contributed by atoms with Gasteiger partial charge in [0.15, 0.2) is 5.16 Å². The number of carbonyl (C=O) groups is 1. The molecule has 0 aliphatic rings. The highest BCUT2D eigenvalue weighted by molar-refractivity contribution is 7.99. The van der Waals surface area contributed by atoms with Crippen LogP contribution in [0.4, 0.5) is 0 Å². The van der Waals surface area contributed by atoms with E-state index in [1.807, 2.05) is 60.1 Å². The summed E-state index contributed by atoms with van der Waals surface area (Å²) in [6.45, 7) is 0. The van der Waals surface area contributed by atoms with Crippen molar-refractivity contribution in [1.82, 2.24) is 15.0 Å². The molecule has 1 heterocycles. The Hall–Kier alpha value is -2.80. The Morgan fingerprint density at radius 3 is 2.76 bits per heavy atom. The monoisotopic (exact) mass is 354 g/mol. The van der Waals surface area contributed by atoms with Gasteiger partial charge in [0.25, 0.3) is 5.91 Å². The standard InChI is InChI=1S/C18H18N4O2S/c1-22-16-6-4-3-5-15(16)20-18(22)25-12-17(23)21-19-11-13-7-9-14(24-2)10-8-13/h3-11H,12H2,1-2H3,(H,21,23)/b19-11+. The van der Waals surface area contributed by atoms with Crippen LogP contribution in [0.2, 0.25) is 0 Å². The molecule has 0 spiro atoms. The van der Waals surface area contributed by atoms with Gasteiger partial charge in [0.1, 0.15) is 5.75 Å². The summed E-state index contributed by atoms with van der Waals surface area (Å²) in [6, 6.07) is 15.3. The lowest BCUT2D eigenvalue weighted by atomic mass is 10.2. The summed E-state index contributed by atoms with van der Waals surface area (Å²) in [5.41, 5.74) is 5.37. The van der Waals surface area contributed by atoms with Crippen LogP contribution in [0.25, 0.3) is 11.0 Å². The average Bonchev–Trinajstić information content (AvgIpc) is 2.97. The van der Waals surface area contributed by atoms with Gasteiger partial charge in [-0.25, -0.2) is 10.4 Å². The number of hydrogen-bond acceptors (Lipinski definition) is 5. The van der Waals surface area contributed by atoms with Crippen LogP contribution in [0.5, 0.6) is 5.75 Å². The van der Waals surface area contributed by atoms with E-state index in [4.69, 9.17) is 4.74 Å². The minimum atomic E-state index is -0.179. The van der Waals surface area contributed by atoms with Crippen LogP contribution < -0.4 is 10.2 Å². The fraction of sp³-hybridized carbons (Fsp3) is 0.167.